The average Bonchev–Trinajstić information content (AvgIpc) is 2.55. The first-order valence-corrected chi connectivity index (χ1v) is 10.2. The smallest absolute Gasteiger partial charge is 0.243 e. The van der Waals surface area contributed by atoms with Gasteiger partial charge in [-0.2, -0.15) is 4.31 Å². The van der Waals surface area contributed by atoms with Crippen LogP contribution in [0.15, 0.2) is 29.2 Å². The van der Waals surface area contributed by atoms with Crippen molar-refractivity contribution in [2.24, 2.45) is 5.92 Å². The standard InChI is InChI=1S/C18H29N3O3S/c1-14(2)16(4)19-18(22)13-20-9-11-21(12-10-20)25(23,24)17-7-5-15(3)6-8-17/h5-8,14,16H,9-13H2,1-4H3,(H,19,22)/t16-/m1/s1. The second-order valence-electron chi connectivity index (χ2n) is 7.09. The van der Waals surface area contributed by atoms with E-state index in [9.17, 15) is 13.2 Å². The van der Waals surface area contributed by atoms with Crippen LogP contribution in [0.2, 0.25) is 0 Å². The van der Waals surface area contributed by atoms with E-state index in [2.05, 4.69) is 19.2 Å². The van der Waals surface area contributed by atoms with Gasteiger partial charge < -0.3 is 5.32 Å². The summed E-state index contributed by atoms with van der Waals surface area (Å²) in [6.45, 7) is 10.3. The van der Waals surface area contributed by atoms with Crippen molar-refractivity contribution in [2.45, 2.75) is 38.6 Å². The van der Waals surface area contributed by atoms with Crippen molar-refractivity contribution in [2.75, 3.05) is 32.7 Å². The maximum atomic E-state index is 12.7. The molecule has 1 atom stereocenters. The Kier molecular flexibility index (Phi) is 6.59. The van der Waals surface area contributed by atoms with E-state index < -0.39 is 10.0 Å². The second kappa shape index (κ2) is 8.29. The summed E-state index contributed by atoms with van der Waals surface area (Å²) in [5, 5.41) is 2.99. The fourth-order valence-corrected chi connectivity index (χ4v) is 4.08. The van der Waals surface area contributed by atoms with Gasteiger partial charge in [0.2, 0.25) is 15.9 Å². The molecule has 0 aliphatic carbocycles. The monoisotopic (exact) mass is 367 g/mol. The molecule has 1 aliphatic heterocycles. The highest BCUT2D eigenvalue weighted by Crippen LogP contribution is 2.18. The van der Waals surface area contributed by atoms with Gasteiger partial charge in [0.1, 0.15) is 0 Å². The average molecular weight is 368 g/mol. The molecule has 0 aromatic heterocycles. The molecule has 0 spiro atoms. The molecule has 1 amide bonds. The summed E-state index contributed by atoms with van der Waals surface area (Å²) in [5.41, 5.74) is 1.03. The van der Waals surface area contributed by atoms with Crippen molar-refractivity contribution in [3.8, 4) is 0 Å². The lowest BCUT2D eigenvalue weighted by Crippen LogP contribution is -2.51. The van der Waals surface area contributed by atoms with Crippen molar-refractivity contribution in [3.05, 3.63) is 29.8 Å². The van der Waals surface area contributed by atoms with Crippen LogP contribution in [-0.4, -0.2) is 62.3 Å². The van der Waals surface area contributed by atoms with E-state index >= 15 is 0 Å². The maximum Gasteiger partial charge on any atom is 0.243 e. The SMILES string of the molecule is Cc1ccc(S(=O)(=O)N2CCN(CC(=O)N[C@H](C)C(C)C)CC2)cc1. The Bertz CT molecular complexity index is 678. The summed E-state index contributed by atoms with van der Waals surface area (Å²) in [6, 6.07) is 7.05. The molecule has 1 fully saturated rings. The molecule has 6 nitrogen and oxygen atoms in total. The number of amides is 1. The molecule has 1 N–H and O–H groups in total. The maximum absolute atomic E-state index is 12.7. The zero-order valence-electron chi connectivity index (χ0n) is 15.5. The molecule has 1 heterocycles. The van der Waals surface area contributed by atoms with Crippen molar-refractivity contribution in [1.29, 1.82) is 0 Å². The Morgan fingerprint density at radius 3 is 2.16 bits per heavy atom. The molecular formula is C18H29N3O3S. The molecule has 1 aromatic rings. The van der Waals surface area contributed by atoms with Gasteiger partial charge in [-0.25, -0.2) is 8.42 Å². The number of nitrogens with one attached hydrogen (secondary N) is 1. The van der Waals surface area contributed by atoms with Gasteiger partial charge in [0.05, 0.1) is 11.4 Å². The number of aryl methyl sites for hydroxylation is 1. The Balaban J connectivity index is 1.89. The van der Waals surface area contributed by atoms with Gasteiger partial charge in [-0.1, -0.05) is 31.5 Å². The van der Waals surface area contributed by atoms with Crippen LogP contribution in [0, 0.1) is 12.8 Å². The van der Waals surface area contributed by atoms with Crippen molar-refractivity contribution < 1.29 is 13.2 Å². The normalized spacial score (nSPS) is 18.3. The number of carbonyl (C=O) groups is 1. The van der Waals surface area contributed by atoms with Crippen LogP contribution in [0.25, 0.3) is 0 Å². The zero-order chi connectivity index (χ0) is 18.6. The van der Waals surface area contributed by atoms with Gasteiger partial charge in [0.15, 0.2) is 0 Å². The molecule has 1 aromatic carbocycles. The first kappa shape index (κ1) is 19.9. The first-order chi connectivity index (χ1) is 11.7. The molecule has 1 aliphatic rings. The van der Waals surface area contributed by atoms with E-state index in [1.165, 1.54) is 4.31 Å². The second-order valence-corrected chi connectivity index (χ2v) is 9.03. The fourth-order valence-electron chi connectivity index (χ4n) is 2.66. The number of benzene rings is 1. The zero-order valence-corrected chi connectivity index (χ0v) is 16.3. The van der Waals surface area contributed by atoms with Crippen molar-refractivity contribution >= 4 is 15.9 Å². The Morgan fingerprint density at radius 2 is 1.64 bits per heavy atom. The quantitative estimate of drug-likeness (QED) is 0.826. The highest BCUT2D eigenvalue weighted by molar-refractivity contribution is 7.89. The van der Waals surface area contributed by atoms with E-state index in [1.54, 1.807) is 12.1 Å². The molecule has 140 valence electrons. The lowest BCUT2D eigenvalue weighted by molar-refractivity contribution is -0.123. The van der Waals surface area contributed by atoms with Crippen LogP contribution in [0.5, 0.6) is 0 Å². The third-order valence-electron chi connectivity index (χ3n) is 4.75. The summed E-state index contributed by atoms with van der Waals surface area (Å²) < 4.78 is 26.9. The third kappa shape index (κ3) is 5.26. The molecule has 7 heteroatoms. The van der Waals surface area contributed by atoms with E-state index in [4.69, 9.17) is 0 Å². The largest absolute Gasteiger partial charge is 0.352 e. The molecular weight excluding hydrogens is 338 g/mol. The van der Waals surface area contributed by atoms with Gasteiger partial charge in [-0.15, -0.1) is 0 Å². The van der Waals surface area contributed by atoms with Crippen LogP contribution >= 0.6 is 0 Å². The van der Waals surface area contributed by atoms with Gasteiger partial charge in [0.25, 0.3) is 0 Å². The van der Waals surface area contributed by atoms with E-state index in [1.807, 2.05) is 30.9 Å². The minimum atomic E-state index is -3.45. The molecule has 0 radical (unpaired) electrons. The molecule has 25 heavy (non-hydrogen) atoms. The lowest BCUT2D eigenvalue weighted by Gasteiger charge is -2.33. The Hall–Kier alpha value is -1.44. The van der Waals surface area contributed by atoms with Crippen LogP contribution in [0.1, 0.15) is 26.3 Å². The number of sulfonamides is 1. The molecule has 0 bridgehead atoms. The van der Waals surface area contributed by atoms with Gasteiger partial charge >= 0.3 is 0 Å². The van der Waals surface area contributed by atoms with Gasteiger partial charge in [-0.3, -0.25) is 9.69 Å². The number of carbonyl (C=O) groups excluding carboxylic acids is 1. The van der Waals surface area contributed by atoms with Gasteiger partial charge in [0, 0.05) is 32.2 Å². The van der Waals surface area contributed by atoms with E-state index in [-0.39, 0.29) is 11.9 Å². The number of nitrogens with zero attached hydrogens (tertiary/aromatic N) is 2. The number of rotatable bonds is 6. The number of hydrogen-bond acceptors (Lipinski definition) is 4. The van der Waals surface area contributed by atoms with Crippen LogP contribution < -0.4 is 5.32 Å². The fraction of sp³-hybridized carbons (Fsp3) is 0.611. The Morgan fingerprint density at radius 1 is 1.08 bits per heavy atom. The van der Waals surface area contributed by atoms with Crippen LogP contribution in [0.4, 0.5) is 0 Å². The highest BCUT2D eigenvalue weighted by atomic mass is 32.2. The summed E-state index contributed by atoms with van der Waals surface area (Å²) in [4.78, 5) is 14.4. The molecule has 0 unspecified atom stereocenters. The summed E-state index contributed by atoms with van der Waals surface area (Å²) in [6.07, 6.45) is 0. The third-order valence-corrected chi connectivity index (χ3v) is 6.66. The minimum Gasteiger partial charge on any atom is -0.352 e. The lowest BCUT2D eigenvalue weighted by atomic mass is 10.1. The number of hydrogen-bond donors (Lipinski definition) is 1. The topological polar surface area (TPSA) is 69.7 Å². The van der Waals surface area contributed by atoms with Crippen molar-refractivity contribution in [1.82, 2.24) is 14.5 Å². The van der Waals surface area contributed by atoms with E-state index in [0.29, 0.717) is 43.5 Å². The number of piperazine rings is 1. The van der Waals surface area contributed by atoms with Crippen molar-refractivity contribution in [3.63, 3.8) is 0 Å². The summed E-state index contributed by atoms with van der Waals surface area (Å²) in [7, 11) is -3.45. The van der Waals surface area contributed by atoms with E-state index in [0.717, 1.165) is 5.56 Å². The van der Waals surface area contributed by atoms with Crippen LogP contribution in [0.3, 0.4) is 0 Å². The molecule has 0 saturated carbocycles. The van der Waals surface area contributed by atoms with Crippen LogP contribution in [-0.2, 0) is 14.8 Å². The first-order valence-electron chi connectivity index (χ1n) is 8.78. The summed E-state index contributed by atoms with van der Waals surface area (Å²) in [5.74, 6) is 0.386. The molecule has 2 rings (SSSR count). The summed E-state index contributed by atoms with van der Waals surface area (Å²) >= 11 is 0. The predicted octanol–water partition coefficient (Wildman–Crippen LogP) is 1.46. The van der Waals surface area contributed by atoms with Gasteiger partial charge in [-0.05, 0) is 31.9 Å². The molecule has 1 saturated heterocycles. The Labute approximate surface area is 151 Å². The minimum absolute atomic E-state index is 0.00367. The predicted molar refractivity (Wildman–Crippen MR) is 98.8 cm³/mol. The highest BCUT2D eigenvalue weighted by Gasteiger charge is 2.29.